The van der Waals surface area contributed by atoms with Crippen molar-refractivity contribution in [1.82, 2.24) is 4.90 Å². The first kappa shape index (κ1) is 26.3. The number of benzene rings is 4. The molecule has 1 fully saturated rings. The third-order valence-corrected chi connectivity index (χ3v) is 6.67. The molecule has 4 aromatic rings. The van der Waals surface area contributed by atoms with E-state index in [4.69, 9.17) is 4.74 Å². The topological polar surface area (TPSA) is 66.8 Å². The van der Waals surface area contributed by atoms with E-state index in [9.17, 15) is 19.1 Å². The van der Waals surface area contributed by atoms with Gasteiger partial charge in [-0.25, -0.2) is 8.78 Å². The van der Waals surface area contributed by atoms with Gasteiger partial charge in [-0.05, 0) is 54.2 Å². The van der Waals surface area contributed by atoms with Gasteiger partial charge in [0.1, 0.15) is 17.7 Å². The lowest BCUT2D eigenvalue weighted by Gasteiger charge is -2.23. The van der Waals surface area contributed by atoms with Gasteiger partial charge in [0.15, 0.2) is 17.3 Å². The van der Waals surface area contributed by atoms with Crippen LogP contribution in [0.1, 0.15) is 50.8 Å². The number of carbonyl (C=O) groups excluding carboxylic acids is 2. The summed E-state index contributed by atoms with van der Waals surface area (Å²) in [6.07, 6.45) is 0.747. The van der Waals surface area contributed by atoms with Crippen LogP contribution in [0.4, 0.5) is 8.78 Å². The fourth-order valence-electron chi connectivity index (χ4n) is 4.33. The van der Waals surface area contributed by atoms with Crippen molar-refractivity contribution in [3.05, 3.63) is 131 Å². The van der Waals surface area contributed by atoms with Gasteiger partial charge in [-0.1, -0.05) is 66.7 Å². The van der Waals surface area contributed by atoms with E-state index in [2.05, 4.69) is 0 Å². The normalized spacial score (nSPS) is 13.5. The fraction of sp³-hybridized carbons (Fsp3) is 0.188. The van der Waals surface area contributed by atoms with Crippen LogP contribution >= 0.6 is 0 Å². The highest BCUT2D eigenvalue weighted by atomic mass is 19.1. The Labute approximate surface area is 225 Å². The van der Waals surface area contributed by atoms with Crippen LogP contribution in [0.2, 0.25) is 0 Å². The van der Waals surface area contributed by atoms with E-state index in [-0.39, 0.29) is 23.6 Å². The standard InChI is InChI=1S/C32H27F2NO4/c33-27-8-4-5-9-29(27)39-25-16-17-26(28(34)18-25)32(38)35(19-21-10-11-21)20-22-12-14-24(15-13-22)31(37)30(36)23-6-2-1-3-7-23/h1-9,12-18,21,30,36H,10-11,19-20H2. The van der Waals surface area contributed by atoms with Crippen LogP contribution in [-0.2, 0) is 6.54 Å². The molecule has 1 saturated carbocycles. The van der Waals surface area contributed by atoms with Gasteiger partial charge in [0.25, 0.3) is 5.91 Å². The molecule has 0 aliphatic heterocycles. The van der Waals surface area contributed by atoms with Crippen LogP contribution in [-0.4, -0.2) is 28.2 Å². The summed E-state index contributed by atoms with van der Waals surface area (Å²) < 4.78 is 34.4. The Hall–Kier alpha value is -4.36. The second kappa shape index (κ2) is 11.6. The molecule has 198 valence electrons. The molecule has 4 aromatic carbocycles. The summed E-state index contributed by atoms with van der Waals surface area (Å²) in [6.45, 7) is 0.719. The van der Waals surface area contributed by atoms with Gasteiger partial charge in [-0.15, -0.1) is 0 Å². The molecular formula is C32H27F2NO4. The molecule has 0 saturated heterocycles. The maximum atomic E-state index is 15.0. The quantitative estimate of drug-likeness (QED) is 0.232. The molecule has 0 aromatic heterocycles. The lowest BCUT2D eigenvalue weighted by molar-refractivity contribution is 0.0727. The van der Waals surface area contributed by atoms with Crippen LogP contribution in [0.25, 0.3) is 0 Å². The maximum absolute atomic E-state index is 15.0. The summed E-state index contributed by atoms with van der Waals surface area (Å²) in [7, 11) is 0. The molecule has 5 rings (SSSR count). The lowest BCUT2D eigenvalue weighted by atomic mass is 9.99. The first-order valence-corrected chi connectivity index (χ1v) is 12.8. The number of rotatable bonds is 10. The van der Waals surface area contributed by atoms with Gasteiger partial charge in [-0.2, -0.15) is 0 Å². The Morgan fingerprint density at radius 1 is 0.872 bits per heavy atom. The molecule has 0 heterocycles. The van der Waals surface area contributed by atoms with Crippen molar-refractivity contribution in [3.63, 3.8) is 0 Å². The maximum Gasteiger partial charge on any atom is 0.257 e. The molecule has 5 nitrogen and oxygen atoms in total. The van der Waals surface area contributed by atoms with Gasteiger partial charge in [-0.3, -0.25) is 9.59 Å². The molecule has 0 radical (unpaired) electrons. The van der Waals surface area contributed by atoms with Gasteiger partial charge in [0.05, 0.1) is 5.56 Å². The highest BCUT2D eigenvalue weighted by molar-refractivity contribution is 6.00. The Balaban J connectivity index is 1.29. The number of hydrogen-bond acceptors (Lipinski definition) is 4. The molecule has 0 bridgehead atoms. The number of halogens is 2. The van der Waals surface area contributed by atoms with Crippen molar-refractivity contribution in [2.45, 2.75) is 25.5 Å². The number of ether oxygens (including phenoxy) is 1. The summed E-state index contributed by atoms with van der Waals surface area (Å²) in [5, 5.41) is 10.4. The zero-order valence-electron chi connectivity index (χ0n) is 21.1. The number of para-hydroxylation sites is 1. The number of amides is 1. The van der Waals surface area contributed by atoms with Crippen molar-refractivity contribution in [2.75, 3.05) is 6.54 Å². The van der Waals surface area contributed by atoms with E-state index in [0.717, 1.165) is 24.5 Å². The van der Waals surface area contributed by atoms with Crippen LogP contribution in [0.3, 0.4) is 0 Å². The Morgan fingerprint density at radius 3 is 2.23 bits per heavy atom. The first-order valence-electron chi connectivity index (χ1n) is 12.8. The van der Waals surface area contributed by atoms with Gasteiger partial charge in [0, 0.05) is 24.7 Å². The highest BCUT2D eigenvalue weighted by Crippen LogP contribution is 2.32. The summed E-state index contributed by atoms with van der Waals surface area (Å²) in [6, 6.07) is 25.1. The number of aliphatic hydroxyl groups is 1. The molecule has 1 aliphatic carbocycles. The highest BCUT2D eigenvalue weighted by Gasteiger charge is 2.29. The minimum absolute atomic E-state index is 0.0375. The van der Waals surface area contributed by atoms with Crippen molar-refractivity contribution in [2.24, 2.45) is 5.92 Å². The number of hydrogen-bond donors (Lipinski definition) is 1. The first-order chi connectivity index (χ1) is 18.9. The van der Waals surface area contributed by atoms with Crippen LogP contribution in [0.15, 0.2) is 97.1 Å². The molecular weight excluding hydrogens is 500 g/mol. The van der Waals surface area contributed by atoms with E-state index in [0.29, 0.717) is 23.6 Å². The van der Waals surface area contributed by atoms with Crippen molar-refractivity contribution < 1.29 is 28.2 Å². The SMILES string of the molecule is O=C(c1ccc(CN(CC2CC2)C(=O)c2ccc(Oc3ccccc3F)cc2F)cc1)C(O)c1ccccc1. The predicted octanol–water partition coefficient (Wildman–Crippen LogP) is 6.73. The Bertz CT molecular complexity index is 1470. The van der Waals surface area contributed by atoms with E-state index < -0.39 is 29.4 Å². The number of aliphatic hydroxyl groups excluding tert-OH is 1. The number of nitrogens with zero attached hydrogens (tertiary/aromatic N) is 1. The van der Waals surface area contributed by atoms with E-state index in [1.807, 2.05) is 6.07 Å². The van der Waals surface area contributed by atoms with E-state index in [1.165, 1.54) is 30.3 Å². The zero-order valence-corrected chi connectivity index (χ0v) is 21.1. The average molecular weight is 528 g/mol. The summed E-state index contributed by atoms with van der Waals surface area (Å²) in [5.41, 5.74) is 1.54. The molecule has 1 atom stereocenters. The van der Waals surface area contributed by atoms with Crippen molar-refractivity contribution in [1.29, 1.82) is 0 Å². The Morgan fingerprint density at radius 2 is 1.56 bits per heavy atom. The smallest absolute Gasteiger partial charge is 0.257 e. The molecule has 1 aliphatic rings. The van der Waals surface area contributed by atoms with Crippen LogP contribution in [0, 0.1) is 17.6 Å². The summed E-state index contributed by atoms with van der Waals surface area (Å²) >= 11 is 0. The van der Waals surface area contributed by atoms with E-state index in [1.54, 1.807) is 59.5 Å². The lowest BCUT2D eigenvalue weighted by Crippen LogP contribution is -2.33. The summed E-state index contributed by atoms with van der Waals surface area (Å²) in [4.78, 5) is 27.7. The number of Topliss-reactive ketones (excluding diaryl/α,β-unsaturated/α-hetero) is 1. The van der Waals surface area contributed by atoms with Crippen LogP contribution < -0.4 is 4.74 Å². The van der Waals surface area contributed by atoms with Gasteiger partial charge < -0.3 is 14.7 Å². The predicted molar refractivity (Wildman–Crippen MR) is 143 cm³/mol. The molecule has 1 N–H and O–H groups in total. The fourth-order valence-corrected chi connectivity index (χ4v) is 4.33. The third kappa shape index (κ3) is 6.38. The minimum Gasteiger partial charge on any atom is -0.454 e. The monoisotopic (exact) mass is 527 g/mol. The van der Waals surface area contributed by atoms with Gasteiger partial charge in [0.2, 0.25) is 0 Å². The van der Waals surface area contributed by atoms with Crippen molar-refractivity contribution >= 4 is 11.7 Å². The third-order valence-electron chi connectivity index (χ3n) is 6.67. The Kier molecular flexibility index (Phi) is 7.79. The molecule has 39 heavy (non-hydrogen) atoms. The zero-order chi connectivity index (χ0) is 27.4. The largest absolute Gasteiger partial charge is 0.454 e. The second-order valence-electron chi connectivity index (χ2n) is 9.68. The van der Waals surface area contributed by atoms with Crippen LogP contribution in [0.5, 0.6) is 11.5 Å². The summed E-state index contributed by atoms with van der Waals surface area (Å²) in [5.74, 6) is -1.80. The number of carbonyl (C=O) groups is 2. The second-order valence-corrected chi connectivity index (χ2v) is 9.68. The number of ketones is 1. The van der Waals surface area contributed by atoms with Gasteiger partial charge >= 0.3 is 0 Å². The van der Waals surface area contributed by atoms with E-state index >= 15 is 4.39 Å². The van der Waals surface area contributed by atoms with Crippen molar-refractivity contribution in [3.8, 4) is 11.5 Å². The molecule has 1 amide bonds. The molecule has 1 unspecified atom stereocenters. The average Bonchev–Trinajstić information content (AvgIpc) is 3.78. The minimum atomic E-state index is -1.27. The molecule has 0 spiro atoms. The molecule has 7 heteroatoms.